The van der Waals surface area contributed by atoms with Crippen LogP contribution in [-0.4, -0.2) is 40.0 Å². The van der Waals surface area contributed by atoms with Gasteiger partial charge in [0.05, 0.1) is 5.92 Å². The van der Waals surface area contributed by atoms with Gasteiger partial charge in [-0.2, -0.15) is 0 Å². The Morgan fingerprint density at radius 2 is 1.40 bits per heavy atom. The number of nitrogens with one attached hydrogen (secondary N) is 1. The number of carbonyl (C=O) groups is 3. The number of benzene rings is 2. The van der Waals surface area contributed by atoms with Gasteiger partial charge >= 0.3 is 5.97 Å². The van der Waals surface area contributed by atoms with E-state index in [1.807, 2.05) is 48.5 Å². The second kappa shape index (κ2) is 19.3. The molecule has 0 aliphatic heterocycles. The van der Waals surface area contributed by atoms with Gasteiger partial charge < -0.3 is 15.5 Å². The molecule has 2 aromatic rings. The van der Waals surface area contributed by atoms with Gasteiger partial charge in [0.15, 0.2) is 5.60 Å². The number of unbranched alkanes of at least 4 members (excludes halogenated alkanes) is 8. The molecular weight excluding hydrogens is 550 g/mol. The van der Waals surface area contributed by atoms with Crippen LogP contribution in [0, 0.1) is 5.92 Å². The molecule has 6 nitrogen and oxygen atoms in total. The zero-order chi connectivity index (χ0) is 30.8. The minimum absolute atomic E-state index is 0.316. The van der Waals surface area contributed by atoms with E-state index in [2.05, 4.69) is 12.2 Å². The summed E-state index contributed by atoms with van der Waals surface area (Å²) < 4.78 is 0. The summed E-state index contributed by atoms with van der Waals surface area (Å²) in [4.78, 5) is 36.6. The number of ketones is 1. The van der Waals surface area contributed by atoms with Crippen molar-refractivity contribution in [3.05, 3.63) is 71.3 Å². The van der Waals surface area contributed by atoms with Crippen molar-refractivity contribution < 1.29 is 24.6 Å². The van der Waals surface area contributed by atoms with Crippen LogP contribution in [-0.2, 0) is 20.8 Å². The molecular formula is C35H48ClNO5. The van der Waals surface area contributed by atoms with E-state index in [1.165, 1.54) is 25.3 Å². The van der Waals surface area contributed by atoms with E-state index in [4.69, 9.17) is 11.6 Å². The minimum atomic E-state index is -2.22. The molecule has 3 N–H and O–H groups in total. The summed E-state index contributed by atoms with van der Waals surface area (Å²) in [5.74, 6) is -2.83. The summed E-state index contributed by atoms with van der Waals surface area (Å²) in [5.41, 5.74) is 0.920. The summed E-state index contributed by atoms with van der Waals surface area (Å²) in [6, 6.07) is 15.6. The Hall–Kier alpha value is -2.96. The highest BCUT2D eigenvalue weighted by molar-refractivity contribution is 6.30. The first kappa shape index (κ1) is 35.2. The number of Topliss-reactive ketones (excluding diaryl/α,β-unsaturated/α-hetero) is 1. The first-order valence-electron chi connectivity index (χ1n) is 15.4. The Balaban J connectivity index is 1.74. The second-order valence-electron chi connectivity index (χ2n) is 11.3. The Kier molecular flexibility index (Phi) is 16.2. The quantitative estimate of drug-likeness (QED) is 0.100. The fourth-order valence-corrected chi connectivity index (χ4v) is 4.96. The zero-order valence-corrected chi connectivity index (χ0v) is 26.0. The molecule has 0 spiro atoms. The van der Waals surface area contributed by atoms with E-state index < -0.39 is 23.4 Å². The summed E-state index contributed by atoms with van der Waals surface area (Å²) in [6.07, 6.45) is 15.3. The van der Waals surface area contributed by atoms with E-state index in [1.54, 1.807) is 6.08 Å². The lowest BCUT2D eigenvalue weighted by molar-refractivity contribution is -0.163. The van der Waals surface area contributed by atoms with E-state index in [0.29, 0.717) is 43.0 Å². The van der Waals surface area contributed by atoms with Crippen LogP contribution in [0.4, 0.5) is 0 Å². The third kappa shape index (κ3) is 12.9. The lowest BCUT2D eigenvalue weighted by Gasteiger charge is -2.25. The SMILES string of the molecule is CCCCCCCC(=O)CCCCCC/C=C/[C@H](C(=O)NCCc1ccc(-c2ccc(Cl)cc2)cc1)[C@](C)(O)C(=O)O. The number of allylic oxidation sites excluding steroid dienone is 1. The Morgan fingerprint density at radius 1 is 0.857 bits per heavy atom. The van der Waals surface area contributed by atoms with Crippen molar-refractivity contribution in [1.29, 1.82) is 0 Å². The van der Waals surface area contributed by atoms with Crippen LogP contribution in [0.5, 0.6) is 0 Å². The molecule has 0 bridgehead atoms. The van der Waals surface area contributed by atoms with Crippen LogP contribution >= 0.6 is 11.6 Å². The maximum absolute atomic E-state index is 12.9. The van der Waals surface area contributed by atoms with E-state index in [0.717, 1.165) is 62.1 Å². The predicted octanol–water partition coefficient (Wildman–Crippen LogP) is 7.94. The molecule has 0 saturated carbocycles. The van der Waals surface area contributed by atoms with Crippen molar-refractivity contribution in [1.82, 2.24) is 5.32 Å². The van der Waals surface area contributed by atoms with E-state index >= 15 is 0 Å². The number of carboxylic acid groups (broad SMARTS) is 1. The minimum Gasteiger partial charge on any atom is -0.479 e. The van der Waals surface area contributed by atoms with Gasteiger partial charge in [-0.1, -0.05) is 106 Å². The molecule has 0 unspecified atom stereocenters. The van der Waals surface area contributed by atoms with Gasteiger partial charge in [-0.3, -0.25) is 9.59 Å². The van der Waals surface area contributed by atoms with Crippen LogP contribution in [0.3, 0.4) is 0 Å². The molecule has 1 amide bonds. The number of rotatable bonds is 21. The number of aliphatic hydroxyl groups is 1. The van der Waals surface area contributed by atoms with Crippen molar-refractivity contribution in [3.63, 3.8) is 0 Å². The average molecular weight is 598 g/mol. The molecule has 42 heavy (non-hydrogen) atoms. The van der Waals surface area contributed by atoms with Gasteiger partial charge in [0.25, 0.3) is 0 Å². The number of hydrogen-bond donors (Lipinski definition) is 3. The highest BCUT2D eigenvalue weighted by Crippen LogP contribution is 2.23. The maximum atomic E-state index is 12.9. The molecule has 0 saturated heterocycles. The number of hydrogen-bond acceptors (Lipinski definition) is 4. The molecule has 230 valence electrons. The van der Waals surface area contributed by atoms with Crippen molar-refractivity contribution in [3.8, 4) is 11.1 Å². The smallest absolute Gasteiger partial charge is 0.336 e. The van der Waals surface area contributed by atoms with Crippen molar-refractivity contribution in [2.45, 2.75) is 103 Å². The fraction of sp³-hybridized carbons (Fsp3) is 0.514. The van der Waals surface area contributed by atoms with Gasteiger partial charge in [0.1, 0.15) is 5.78 Å². The monoisotopic (exact) mass is 597 g/mol. The number of aliphatic carboxylic acids is 1. The number of carbonyl (C=O) groups excluding carboxylic acids is 2. The number of halogens is 1. The van der Waals surface area contributed by atoms with Crippen molar-refractivity contribution in [2.75, 3.05) is 6.54 Å². The third-order valence-electron chi connectivity index (χ3n) is 7.63. The van der Waals surface area contributed by atoms with Crippen molar-refractivity contribution >= 4 is 29.3 Å². The standard InChI is InChI=1S/C35H48ClNO5/c1-3-4-5-8-11-14-31(38)15-12-9-6-7-10-13-16-32(35(2,42)34(40)41)33(39)37-26-25-27-17-19-28(20-18-27)29-21-23-30(36)24-22-29/h13,16-24,32,42H,3-12,14-15,25-26H2,1-2H3,(H,37,39)(H,40,41)/b16-13+/t32-,35+/m1/s1. The van der Waals surface area contributed by atoms with Crippen LogP contribution < -0.4 is 5.32 Å². The highest BCUT2D eigenvalue weighted by atomic mass is 35.5. The topological polar surface area (TPSA) is 104 Å². The molecule has 0 radical (unpaired) electrons. The first-order valence-corrected chi connectivity index (χ1v) is 15.8. The van der Waals surface area contributed by atoms with Gasteiger partial charge in [-0.05, 0) is 67.9 Å². The lowest BCUT2D eigenvalue weighted by Crippen LogP contribution is -2.49. The average Bonchev–Trinajstić information content (AvgIpc) is 2.96. The van der Waals surface area contributed by atoms with Gasteiger partial charge in [-0.15, -0.1) is 0 Å². The second-order valence-corrected chi connectivity index (χ2v) is 11.7. The third-order valence-corrected chi connectivity index (χ3v) is 7.88. The molecule has 0 aliphatic carbocycles. The Morgan fingerprint density at radius 3 is 1.98 bits per heavy atom. The predicted molar refractivity (Wildman–Crippen MR) is 171 cm³/mol. The molecule has 0 aromatic heterocycles. The maximum Gasteiger partial charge on any atom is 0.336 e. The molecule has 2 atom stereocenters. The lowest BCUT2D eigenvalue weighted by atomic mass is 9.87. The summed E-state index contributed by atoms with van der Waals surface area (Å²) in [7, 11) is 0. The Labute approximate surface area is 256 Å². The van der Waals surface area contributed by atoms with Crippen LogP contribution in [0.1, 0.15) is 96.5 Å². The van der Waals surface area contributed by atoms with Crippen LogP contribution in [0.2, 0.25) is 5.02 Å². The summed E-state index contributed by atoms with van der Waals surface area (Å²) in [5, 5.41) is 23.6. The normalized spacial score (nSPS) is 13.5. The van der Waals surface area contributed by atoms with Crippen LogP contribution in [0.25, 0.3) is 11.1 Å². The van der Waals surface area contributed by atoms with E-state index in [9.17, 15) is 24.6 Å². The van der Waals surface area contributed by atoms with Gasteiger partial charge in [-0.25, -0.2) is 4.79 Å². The molecule has 0 aliphatic rings. The van der Waals surface area contributed by atoms with Gasteiger partial charge in [0, 0.05) is 24.4 Å². The number of amides is 1. The first-order chi connectivity index (χ1) is 20.1. The largest absolute Gasteiger partial charge is 0.479 e. The van der Waals surface area contributed by atoms with Gasteiger partial charge in [0.2, 0.25) is 5.91 Å². The summed E-state index contributed by atoms with van der Waals surface area (Å²) in [6.45, 7) is 3.65. The fourth-order valence-electron chi connectivity index (χ4n) is 4.83. The number of carboxylic acids is 1. The highest BCUT2D eigenvalue weighted by Gasteiger charge is 2.42. The molecule has 2 aromatic carbocycles. The van der Waals surface area contributed by atoms with Crippen molar-refractivity contribution in [2.24, 2.45) is 5.92 Å². The Bertz CT molecular complexity index is 1130. The van der Waals surface area contributed by atoms with E-state index in [-0.39, 0.29) is 0 Å². The molecule has 0 heterocycles. The zero-order valence-electron chi connectivity index (χ0n) is 25.2. The summed E-state index contributed by atoms with van der Waals surface area (Å²) >= 11 is 5.97. The molecule has 7 heteroatoms. The molecule has 0 fully saturated rings. The molecule has 2 rings (SSSR count). The van der Waals surface area contributed by atoms with Crippen LogP contribution in [0.15, 0.2) is 60.7 Å².